The SMILES string of the molecule is CC(C)N1CCC(OC(=O)[N+]2(C(=O)[C@H](CC3CCCC3)CN(O)C=O)CCC[C@H]2C(N)=O)C1. The molecule has 2 heterocycles. The minimum absolute atomic E-state index is 0.138. The Morgan fingerprint density at radius 2 is 1.88 bits per heavy atom. The van der Waals surface area contributed by atoms with Gasteiger partial charge in [-0.05, 0) is 32.6 Å². The zero-order valence-electron chi connectivity index (χ0n) is 19.9. The van der Waals surface area contributed by atoms with E-state index < -0.39 is 34.4 Å². The summed E-state index contributed by atoms with van der Waals surface area (Å²) in [5.41, 5.74) is 5.67. The standard InChI is InChI=1S/C23H38N4O6/c1-16(2)25-10-9-19(14-25)33-23(31)27(11-5-8-20(27)21(24)29)22(30)18(13-26(32)15-28)12-17-6-3-4-7-17/h15-20,32H,3-14H2,1-2H3,(H-,24,29)/p+1/t18-,19?,20+,27?/m1/s1. The van der Waals surface area contributed by atoms with Crippen molar-refractivity contribution >= 4 is 24.3 Å². The zero-order valence-corrected chi connectivity index (χ0v) is 19.9. The fourth-order valence-corrected chi connectivity index (χ4v) is 5.89. The molecule has 3 N–H and O–H groups in total. The van der Waals surface area contributed by atoms with Gasteiger partial charge in [0.1, 0.15) is 6.10 Å². The molecular weight excluding hydrogens is 428 g/mol. The van der Waals surface area contributed by atoms with E-state index in [9.17, 15) is 24.4 Å². The fraction of sp³-hybridized carbons (Fsp3) is 0.826. The average molecular weight is 468 g/mol. The van der Waals surface area contributed by atoms with Crippen LogP contribution in [0.3, 0.4) is 0 Å². The molecule has 1 aliphatic carbocycles. The first-order chi connectivity index (χ1) is 15.7. The summed E-state index contributed by atoms with van der Waals surface area (Å²) < 4.78 is 5.08. The molecule has 0 bridgehead atoms. The molecule has 3 rings (SSSR count). The van der Waals surface area contributed by atoms with Crippen molar-refractivity contribution in [2.24, 2.45) is 17.6 Å². The lowest BCUT2D eigenvalue weighted by Crippen LogP contribution is -2.66. The topological polar surface area (TPSA) is 130 Å². The lowest BCUT2D eigenvalue weighted by Gasteiger charge is -2.36. The Bertz CT molecular complexity index is 740. The Hall–Kier alpha value is -2.04. The van der Waals surface area contributed by atoms with Gasteiger partial charge in [-0.2, -0.15) is 4.79 Å². The second-order valence-corrected chi connectivity index (χ2v) is 10.2. The lowest BCUT2D eigenvalue weighted by molar-refractivity contribution is -0.787. The van der Waals surface area contributed by atoms with Crippen LogP contribution in [0.2, 0.25) is 0 Å². The highest BCUT2D eigenvalue weighted by Gasteiger charge is 2.60. The number of ether oxygens (including phenoxy) is 1. The molecule has 1 saturated carbocycles. The minimum Gasteiger partial charge on any atom is -0.415 e. The molecule has 0 aromatic rings. The molecule has 10 nitrogen and oxygen atoms in total. The van der Waals surface area contributed by atoms with Crippen LogP contribution in [-0.4, -0.2) is 88.3 Å². The number of hydrogen-bond acceptors (Lipinski definition) is 7. The van der Waals surface area contributed by atoms with E-state index in [1.807, 2.05) is 0 Å². The second kappa shape index (κ2) is 10.9. The van der Waals surface area contributed by atoms with Crippen LogP contribution in [0.5, 0.6) is 0 Å². The molecule has 0 aromatic heterocycles. The largest absolute Gasteiger partial charge is 0.524 e. The van der Waals surface area contributed by atoms with Crippen molar-refractivity contribution in [3.05, 3.63) is 0 Å². The second-order valence-electron chi connectivity index (χ2n) is 10.2. The Kier molecular flexibility index (Phi) is 8.47. The highest BCUT2D eigenvalue weighted by atomic mass is 16.6. The van der Waals surface area contributed by atoms with E-state index in [0.29, 0.717) is 43.3 Å². The van der Waals surface area contributed by atoms with Crippen molar-refractivity contribution in [3.8, 4) is 0 Å². The number of nitrogens with zero attached hydrogens (tertiary/aromatic N) is 3. The third-order valence-corrected chi connectivity index (χ3v) is 7.71. The molecule has 0 aromatic carbocycles. The molecule has 0 spiro atoms. The van der Waals surface area contributed by atoms with E-state index in [1.165, 1.54) is 0 Å². The van der Waals surface area contributed by atoms with E-state index in [0.717, 1.165) is 32.2 Å². The maximum Gasteiger partial charge on any atom is 0.524 e. The Labute approximate surface area is 195 Å². The number of amides is 4. The number of hydroxylamine groups is 2. The summed E-state index contributed by atoms with van der Waals surface area (Å²) >= 11 is 0. The summed E-state index contributed by atoms with van der Waals surface area (Å²) in [5, 5.41) is 10.3. The van der Waals surface area contributed by atoms with Gasteiger partial charge in [-0.3, -0.25) is 19.7 Å². The molecule has 0 radical (unpaired) electrons. The first kappa shape index (κ1) is 25.6. The fourth-order valence-electron chi connectivity index (χ4n) is 5.89. The van der Waals surface area contributed by atoms with Gasteiger partial charge in [0.2, 0.25) is 6.41 Å². The number of carbonyl (C=O) groups excluding carboxylic acids is 4. The van der Waals surface area contributed by atoms with E-state index in [4.69, 9.17) is 10.5 Å². The monoisotopic (exact) mass is 467 g/mol. The smallest absolute Gasteiger partial charge is 0.415 e. The molecule has 186 valence electrons. The first-order valence-corrected chi connectivity index (χ1v) is 12.3. The van der Waals surface area contributed by atoms with Crippen molar-refractivity contribution in [1.82, 2.24) is 9.96 Å². The number of primary amides is 1. The first-order valence-electron chi connectivity index (χ1n) is 12.3. The summed E-state index contributed by atoms with van der Waals surface area (Å²) in [7, 11) is 0. The van der Waals surface area contributed by atoms with Gasteiger partial charge in [0.25, 0.3) is 5.91 Å². The van der Waals surface area contributed by atoms with E-state index >= 15 is 0 Å². The van der Waals surface area contributed by atoms with Crippen LogP contribution in [0.25, 0.3) is 0 Å². The predicted molar refractivity (Wildman–Crippen MR) is 119 cm³/mol. The zero-order chi connectivity index (χ0) is 24.2. The number of rotatable bonds is 9. The van der Waals surface area contributed by atoms with Crippen molar-refractivity contribution in [3.63, 3.8) is 0 Å². The normalized spacial score (nSPS) is 29.3. The van der Waals surface area contributed by atoms with Gasteiger partial charge < -0.3 is 10.5 Å². The van der Waals surface area contributed by atoms with E-state index in [1.54, 1.807) is 0 Å². The van der Waals surface area contributed by atoms with Crippen LogP contribution in [-0.2, 0) is 19.1 Å². The number of likely N-dealkylation sites (tertiary alicyclic amines) is 2. The van der Waals surface area contributed by atoms with Crippen molar-refractivity contribution in [2.45, 2.75) is 83.4 Å². The van der Waals surface area contributed by atoms with Gasteiger partial charge >= 0.3 is 12.0 Å². The minimum atomic E-state index is -0.998. The molecule has 4 amide bonds. The number of hydrogen-bond donors (Lipinski definition) is 2. The van der Waals surface area contributed by atoms with Crippen LogP contribution < -0.4 is 5.73 Å². The summed E-state index contributed by atoms with van der Waals surface area (Å²) in [6, 6.07) is -0.680. The number of quaternary nitrogens is 1. The van der Waals surface area contributed by atoms with Crippen LogP contribution in [0, 0.1) is 11.8 Å². The molecule has 3 aliphatic rings. The Balaban J connectivity index is 1.87. The van der Waals surface area contributed by atoms with Crippen LogP contribution in [0.15, 0.2) is 0 Å². The molecule has 2 unspecified atom stereocenters. The van der Waals surface area contributed by atoms with Gasteiger partial charge in [0, 0.05) is 32.0 Å². The summed E-state index contributed by atoms with van der Waals surface area (Å²) in [4.78, 5) is 53.3. The number of nitrogens with two attached hydrogens (primary N) is 1. The molecule has 33 heavy (non-hydrogen) atoms. The van der Waals surface area contributed by atoms with E-state index in [2.05, 4.69) is 18.7 Å². The maximum absolute atomic E-state index is 14.0. The van der Waals surface area contributed by atoms with Gasteiger partial charge in [-0.25, -0.2) is 9.86 Å². The molecule has 3 fully saturated rings. The van der Waals surface area contributed by atoms with Crippen molar-refractivity contribution in [1.29, 1.82) is 0 Å². The Morgan fingerprint density at radius 3 is 2.45 bits per heavy atom. The third kappa shape index (κ3) is 5.55. The molecule has 4 atom stereocenters. The van der Waals surface area contributed by atoms with Gasteiger partial charge in [0.05, 0.1) is 19.0 Å². The maximum atomic E-state index is 14.0. The van der Waals surface area contributed by atoms with Crippen molar-refractivity contribution in [2.75, 3.05) is 26.2 Å². The van der Waals surface area contributed by atoms with Crippen molar-refractivity contribution < 1.29 is 33.6 Å². The summed E-state index contributed by atoms with van der Waals surface area (Å²) in [6.07, 6.45) is 5.18. The van der Waals surface area contributed by atoms with Gasteiger partial charge in [-0.15, -0.1) is 4.48 Å². The quantitative estimate of drug-likeness (QED) is 0.228. The molecular formula is C23H39N4O6+. The molecule has 10 heteroatoms. The van der Waals surface area contributed by atoms with Crippen LogP contribution >= 0.6 is 0 Å². The number of imide groups is 1. The molecule has 2 aliphatic heterocycles. The Morgan fingerprint density at radius 1 is 1.18 bits per heavy atom. The summed E-state index contributed by atoms with van der Waals surface area (Å²) in [5.74, 6) is -1.69. The van der Waals surface area contributed by atoms with E-state index in [-0.39, 0.29) is 31.5 Å². The van der Waals surface area contributed by atoms with Crippen LogP contribution in [0.4, 0.5) is 4.79 Å². The third-order valence-electron chi connectivity index (χ3n) is 7.71. The molecule has 2 saturated heterocycles. The highest BCUT2D eigenvalue weighted by molar-refractivity contribution is 5.90. The average Bonchev–Trinajstić information content (AvgIpc) is 3.53. The van der Waals surface area contributed by atoms with Crippen LogP contribution in [0.1, 0.15) is 65.2 Å². The lowest BCUT2D eigenvalue weighted by atomic mass is 9.91. The summed E-state index contributed by atoms with van der Waals surface area (Å²) in [6.45, 7) is 5.45. The van der Waals surface area contributed by atoms with Gasteiger partial charge in [0.15, 0.2) is 6.04 Å². The highest BCUT2D eigenvalue weighted by Crippen LogP contribution is 2.37. The van der Waals surface area contributed by atoms with Gasteiger partial charge in [-0.1, -0.05) is 25.7 Å². The predicted octanol–water partition coefficient (Wildman–Crippen LogP) is 1.64. The number of carbonyl (C=O) groups is 4.